The van der Waals surface area contributed by atoms with E-state index in [-0.39, 0.29) is 6.04 Å². The molecule has 1 aliphatic heterocycles. The van der Waals surface area contributed by atoms with E-state index in [4.69, 9.17) is 10.2 Å². The number of aliphatic hydroxyl groups is 2. The highest BCUT2D eigenvalue weighted by atomic mass is 32.2. The number of hydrogen-bond acceptors (Lipinski definition) is 4. The summed E-state index contributed by atoms with van der Waals surface area (Å²) < 4.78 is 28.0. The third-order valence-corrected chi connectivity index (χ3v) is 5.03. The summed E-state index contributed by atoms with van der Waals surface area (Å²) in [4.78, 5) is 0. The van der Waals surface area contributed by atoms with E-state index in [1.165, 1.54) is 11.2 Å². The van der Waals surface area contributed by atoms with E-state index in [0.717, 1.165) is 19.3 Å². The first kappa shape index (κ1) is 14.8. The Morgan fingerprint density at radius 3 is 2.41 bits per heavy atom. The van der Waals surface area contributed by atoms with Crippen molar-refractivity contribution >= 4 is 10.2 Å². The molecule has 1 unspecified atom stereocenters. The first-order chi connectivity index (χ1) is 7.84. The quantitative estimate of drug-likeness (QED) is 0.622. The number of nitrogens with one attached hydrogen (secondary N) is 1. The first-order valence-corrected chi connectivity index (χ1v) is 7.31. The minimum absolute atomic E-state index is 0.0390. The average Bonchev–Trinajstić information content (AvgIpc) is 2.28. The first-order valence-electron chi connectivity index (χ1n) is 5.87. The number of rotatable bonds is 5. The van der Waals surface area contributed by atoms with Crippen LogP contribution in [0.4, 0.5) is 0 Å². The van der Waals surface area contributed by atoms with Gasteiger partial charge in [-0.15, -0.1) is 0 Å². The van der Waals surface area contributed by atoms with Crippen molar-refractivity contribution in [1.29, 1.82) is 0 Å². The van der Waals surface area contributed by atoms with Gasteiger partial charge in [-0.2, -0.15) is 17.4 Å². The second-order valence-electron chi connectivity index (χ2n) is 4.94. The van der Waals surface area contributed by atoms with Crippen LogP contribution in [0.5, 0.6) is 0 Å². The minimum atomic E-state index is -3.65. The molecule has 0 aromatic carbocycles. The highest BCUT2D eigenvalue weighted by Gasteiger charge is 2.35. The molecule has 1 fully saturated rings. The standard InChI is InChI=1S/C10H22N2O4S/c1-9-5-3-4-6-12(9)17(15,16)11-10(2,7-13)8-14/h9,11,13-14H,3-8H2,1-2H3. The van der Waals surface area contributed by atoms with Gasteiger partial charge in [0.25, 0.3) is 10.2 Å². The smallest absolute Gasteiger partial charge is 0.280 e. The summed E-state index contributed by atoms with van der Waals surface area (Å²) in [5, 5.41) is 18.2. The van der Waals surface area contributed by atoms with Crippen molar-refractivity contribution in [1.82, 2.24) is 9.03 Å². The Morgan fingerprint density at radius 2 is 1.94 bits per heavy atom. The Kier molecular flexibility index (Phi) is 4.91. The van der Waals surface area contributed by atoms with Crippen LogP contribution >= 0.6 is 0 Å². The molecular weight excluding hydrogens is 244 g/mol. The number of aliphatic hydroxyl groups excluding tert-OH is 2. The summed E-state index contributed by atoms with van der Waals surface area (Å²) in [6, 6.07) is -0.0390. The zero-order valence-corrected chi connectivity index (χ0v) is 11.2. The van der Waals surface area contributed by atoms with E-state index >= 15 is 0 Å². The van der Waals surface area contributed by atoms with Gasteiger partial charge in [0, 0.05) is 12.6 Å². The van der Waals surface area contributed by atoms with E-state index in [0.29, 0.717) is 6.54 Å². The summed E-state index contributed by atoms with van der Waals surface area (Å²) in [5.74, 6) is 0. The van der Waals surface area contributed by atoms with Crippen molar-refractivity contribution in [2.24, 2.45) is 0 Å². The largest absolute Gasteiger partial charge is 0.394 e. The van der Waals surface area contributed by atoms with E-state index in [2.05, 4.69) is 4.72 Å². The molecule has 1 saturated heterocycles. The normalized spacial score (nSPS) is 23.9. The molecule has 0 bridgehead atoms. The third kappa shape index (κ3) is 3.62. The molecule has 6 nitrogen and oxygen atoms in total. The molecule has 17 heavy (non-hydrogen) atoms. The zero-order valence-electron chi connectivity index (χ0n) is 10.4. The van der Waals surface area contributed by atoms with Crippen LogP contribution in [-0.4, -0.2) is 54.3 Å². The summed E-state index contributed by atoms with van der Waals surface area (Å²) in [5.41, 5.74) is -1.21. The molecule has 1 atom stereocenters. The molecule has 0 amide bonds. The van der Waals surface area contributed by atoms with E-state index in [9.17, 15) is 8.42 Å². The number of piperidine rings is 1. The van der Waals surface area contributed by atoms with Gasteiger partial charge in [0.05, 0.1) is 18.8 Å². The van der Waals surface area contributed by atoms with Crippen molar-refractivity contribution in [3.8, 4) is 0 Å². The Bertz CT molecular complexity index is 340. The van der Waals surface area contributed by atoms with Gasteiger partial charge in [0.15, 0.2) is 0 Å². The van der Waals surface area contributed by atoms with Crippen LogP contribution in [0.1, 0.15) is 33.1 Å². The average molecular weight is 266 g/mol. The third-order valence-electron chi connectivity index (χ3n) is 3.12. The summed E-state index contributed by atoms with van der Waals surface area (Å²) in [6.45, 7) is 2.95. The summed E-state index contributed by atoms with van der Waals surface area (Å²) >= 11 is 0. The molecule has 3 N–H and O–H groups in total. The molecule has 0 spiro atoms. The van der Waals surface area contributed by atoms with Crippen LogP contribution < -0.4 is 4.72 Å². The molecule has 1 aliphatic rings. The second-order valence-corrected chi connectivity index (χ2v) is 6.56. The minimum Gasteiger partial charge on any atom is -0.394 e. The van der Waals surface area contributed by atoms with Gasteiger partial charge in [-0.1, -0.05) is 6.42 Å². The molecule has 7 heteroatoms. The highest BCUT2D eigenvalue weighted by Crippen LogP contribution is 2.20. The van der Waals surface area contributed by atoms with E-state index in [1.807, 2.05) is 6.92 Å². The maximum Gasteiger partial charge on any atom is 0.280 e. The Morgan fingerprint density at radius 1 is 1.35 bits per heavy atom. The van der Waals surface area contributed by atoms with E-state index < -0.39 is 29.0 Å². The maximum absolute atomic E-state index is 12.1. The Labute approximate surface area is 103 Å². The second kappa shape index (κ2) is 5.62. The molecule has 0 saturated carbocycles. The number of nitrogens with zero attached hydrogens (tertiary/aromatic N) is 1. The number of hydrogen-bond donors (Lipinski definition) is 3. The van der Waals surface area contributed by atoms with Crippen LogP contribution in [0.15, 0.2) is 0 Å². The van der Waals surface area contributed by atoms with Crippen LogP contribution in [0.2, 0.25) is 0 Å². The molecular formula is C10H22N2O4S. The predicted octanol–water partition coefficient (Wildman–Crippen LogP) is -0.561. The van der Waals surface area contributed by atoms with Gasteiger partial charge in [0.1, 0.15) is 0 Å². The fourth-order valence-electron chi connectivity index (χ4n) is 1.91. The lowest BCUT2D eigenvalue weighted by Crippen LogP contribution is -2.58. The van der Waals surface area contributed by atoms with Crippen molar-refractivity contribution in [2.45, 2.75) is 44.7 Å². The van der Waals surface area contributed by atoms with Crippen molar-refractivity contribution in [3.05, 3.63) is 0 Å². The maximum atomic E-state index is 12.1. The fraction of sp³-hybridized carbons (Fsp3) is 1.00. The van der Waals surface area contributed by atoms with Gasteiger partial charge in [-0.05, 0) is 26.7 Å². The Balaban J connectivity index is 2.80. The molecule has 0 radical (unpaired) electrons. The van der Waals surface area contributed by atoms with Gasteiger partial charge < -0.3 is 10.2 Å². The lowest BCUT2D eigenvalue weighted by atomic mass is 10.1. The van der Waals surface area contributed by atoms with Crippen molar-refractivity contribution < 1.29 is 18.6 Å². The summed E-state index contributed by atoms with van der Waals surface area (Å²) in [7, 11) is -3.65. The van der Waals surface area contributed by atoms with Crippen molar-refractivity contribution in [3.63, 3.8) is 0 Å². The SMILES string of the molecule is CC1CCCCN1S(=O)(=O)NC(C)(CO)CO. The molecule has 0 aromatic heterocycles. The monoisotopic (exact) mass is 266 g/mol. The van der Waals surface area contributed by atoms with E-state index in [1.54, 1.807) is 0 Å². The molecule has 1 heterocycles. The van der Waals surface area contributed by atoms with Crippen LogP contribution in [0.25, 0.3) is 0 Å². The fourth-order valence-corrected chi connectivity index (χ4v) is 3.73. The lowest BCUT2D eigenvalue weighted by Gasteiger charge is -2.35. The topological polar surface area (TPSA) is 89.9 Å². The van der Waals surface area contributed by atoms with Crippen LogP contribution in [-0.2, 0) is 10.2 Å². The highest BCUT2D eigenvalue weighted by molar-refractivity contribution is 7.87. The lowest BCUT2D eigenvalue weighted by molar-refractivity contribution is 0.118. The predicted molar refractivity (Wildman–Crippen MR) is 64.7 cm³/mol. The Hall–Kier alpha value is -0.210. The van der Waals surface area contributed by atoms with Crippen molar-refractivity contribution in [2.75, 3.05) is 19.8 Å². The summed E-state index contributed by atoms with van der Waals surface area (Å²) in [6.07, 6.45) is 2.72. The van der Waals surface area contributed by atoms with Gasteiger partial charge in [0.2, 0.25) is 0 Å². The molecule has 1 rings (SSSR count). The van der Waals surface area contributed by atoms with Crippen LogP contribution in [0, 0.1) is 0 Å². The van der Waals surface area contributed by atoms with Gasteiger partial charge in [-0.25, -0.2) is 0 Å². The molecule has 0 aliphatic carbocycles. The van der Waals surface area contributed by atoms with Gasteiger partial charge in [-0.3, -0.25) is 0 Å². The van der Waals surface area contributed by atoms with Crippen LogP contribution in [0.3, 0.4) is 0 Å². The van der Waals surface area contributed by atoms with Gasteiger partial charge >= 0.3 is 0 Å². The zero-order chi connectivity index (χ0) is 13.1. The molecule has 102 valence electrons. The molecule has 0 aromatic rings.